The van der Waals surface area contributed by atoms with Crippen LogP contribution in [0.2, 0.25) is 0 Å². The molecule has 1 aromatic heterocycles. The summed E-state index contributed by atoms with van der Waals surface area (Å²) in [5.41, 5.74) is 4.25. The zero-order chi connectivity index (χ0) is 20.1. The van der Waals surface area contributed by atoms with Crippen molar-refractivity contribution in [2.45, 2.75) is 32.4 Å². The summed E-state index contributed by atoms with van der Waals surface area (Å²) in [4.78, 5) is 28.5. The number of nitrogens with one attached hydrogen (secondary N) is 2. The molecule has 148 valence electrons. The Balaban J connectivity index is 1.23. The molecule has 1 atom stereocenters. The molecule has 2 N–H and O–H groups in total. The molecule has 6 nitrogen and oxygen atoms in total. The minimum atomic E-state index is -0.155. The van der Waals surface area contributed by atoms with Gasteiger partial charge in [-0.15, -0.1) is 0 Å². The number of hydrogen-bond donors (Lipinski definition) is 2. The van der Waals surface area contributed by atoms with E-state index in [1.807, 2.05) is 47.2 Å². The minimum Gasteiger partial charge on any atom is -0.352 e. The lowest BCUT2D eigenvalue weighted by atomic mass is 9.89. The summed E-state index contributed by atoms with van der Waals surface area (Å²) in [5, 5.41) is 5.89. The number of hydrogen-bond acceptors (Lipinski definition) is 3. The van der Waals surface area contributed by atoms with Gasteiger partial charge < -0.3 is 15.2 Å². The average molecular weight is 388 g/mol. The van der Waals surface area contributed by atoms with Gasteiger partial charge in [-0.2, -0.15) is 0 Å². The molecule has 2 heterocycles. The van der Waals surface area contributed by atoms with Crippen LogP contribution in [0.3, 0.4) is 0 Å². The molecular formula is C23H24N4O2. The zero-order valence-electron chi connectivity index (χ0n) is 16.2. The Morgan fingerprint density at radius 3 is 2.72 bits per heavy atom. The number of amides is 2. The van der Waals surface area contributed by atoms with Gasteiger partial charge in [-0.3, -0.25) is 9.59 Å². The number of carbonyl (C=O) groups is 2. The molecule has 1 aliphatic rings. The molecule has 1 unspecified atom stereocenters. The van der Waals surface area contributed by atoms with Crippen LogP contribution in [-0.2, 0) is 29.1 Å². The smallest absolute Gasteiger partial charge is 0.227 e. The summed E-state index contributed by atoms with van der Waals surface area (Å²) in [5.74, 6) is -0.178. The summed E-state index contributed by atoms with van der Waals surface area (Å²) < 4.78 is 2.01. The summed E-state index contributed by atoms with van der Waals surface area (Å²) in [6, 6.07) is 16.0. The molecule has 1 aliphatic heterocycles. The Bertz CT molecular complexity index is 980. The molecule has 2 aromatic carbocycles. The van der Waals surface area contributed by atoms with E-state index in [-0.39, 0.29) is 17.7 Å². The van der Waals surface area contributed by atoms with Gasteiger partial charge in [0.2, 0.25) is 11.8 Å². The number of benzene rings is 2. The van der Waals surface area contributed by atoms with Crippen LogP contribution in [0.5, 0.6) is 0 Å². The molecule has 0 aliphatic carbocycles. The van der Waals surface area contributed by atoms with E-state index in [0.717, 1.165) is 23.4 Å². The van der Waals surface area contributed by atoms with Crippen LogP contribution in [0.15, 0.2) is 67.3 Å². The second-order valence-corrected chi connectivity index (χ2v) is 7.41. The van der Waals surface area contributed by atoms with Crippen molar-refractivity contribution in [2.75, 3.05) is 5.32 Å². The summed E-state index contributed by atoms with van der Waals surface area (Å²) in [6.45, 7) is 1.27. The predicted octanol–water partition coefficient (Wildman–Crippen LogP) is 3.14. The third kappa shape index (κ3) is 4.90. The highest BCUT2D eigenvalue weighted by atomic mass is 16.2. The van der Waals surface area contributed by atoms with Crippen LogP contribution >= 0.6 is 0 Å². The molecule has 6 heteroatoms. The maximum absolute atomic E-state index is 12.2. The number of para-hydroxylation sites is 1. The lowest BCUT2D eigenvalue weighted by Gasteiger charge is -2.24. The van der Waals surface area contributed by atoms with Crippen molar-refractivity contribution < 1.29 is 9.59 Å². The number of carbonyl (C=O) groups excluding carboxylic acids is 2. The van der Waals surface area contributed by atoms with Crippen molar-refractivity contribution in [2.24, 2.45) is 5.92 Å². The van der Waals surface area contributed by atoms with E-state index in [0.29, 0.717) is 25.8 Å². The number of imidazole rings is 1. The van der Waals surface area contributed by atoms with Gasteiger partial charge in [-0.25, -0.2) is 4.98 Å². The Kier molecular flexibility index (Phi) is 5.70. The molecule has 0 fully saturated rings. The van der Waals surface area contributed by atoms with Crippen LogP contribution in [0.1, 0.15) is 29.5 Å². The number of nitrogens with zero attached hydrogens (tertiary/aromatic N) is 2. The number of aromatic nitrogens is 2. The Labute approximate surface area is 170 Å². The fraction of sp³-hybridized carbons (Fsp3) is 0.261. The first-order chi connectivity index (χ1) is 14.2. The van der Waals surface area contributed by atoms with Crippen molar-refractivity contribution in [3.63, 3.8) is 0 Å². The van der Waals surface area contributed by atoms with E-state index in [2.05, 4.69) is 27.8 Å². The molecule has 3 aromatic rings. The first-order valence-corrected chi connectivity index (χ1v) is 9.86. The highest BCUT2D eigenvalue weighted by Crippen LogP contribution is 2.27. The molecule has 2 amide bonds. The van der Waals surface area contributed by atoms with E-state index in [9.17, 15) is 9.59 Å². The number of fused-ring (bicyclic) bond motifs is 1. The van der Waals surface area contributed by atoms with Crippen LogP contribution in [0.4, 0.5) is 5.69 Å². The van der Waals surface area contributed by atoms with Gasteiger partial charge in [-0.1, -0.05) is 42.5 Å². The van der Waals surface area contributed by atoms with Gasteiger partial charge in [0.1, 0.15) is 0 Å². The fourth-order valence-corrected chi connectivity index (χ4v) is 3.59. The van der Waals surface area contributed by atoms with Gasteiger partial charge in [0.15, 0.2) is 0 Å². The van der Waals surface area contributed by atoms with E-state index in [1.54, 1.807) is 12.5 Å². The van der Waals surface area contributed by atoms with Gasteiger partial charge in [-0.05, 0) is 35.6 Å². The molecule has 4 rings (SSSR count). The van der Waals surface area contributed by atoms with E-state index >= 15 is 0 Å². The van der Waals surface area contributed by atoms with E-state index < -0.39 is 0 Å². The first-order valence-electron chi connectivity index (χ1n) is 9.86. The summed E-state index contributed by atoms with van der Waals surface area (Å²) in [6.07, 6.45) is 7.07. The predicted molar refractivity (Wildman–Crippen MR) is 111 cm³/mol. The van der Waals surface area contributed by atoms with Crippen LogP contribution in [0.25, 0.3) is 0 Å². The molecule has 29 heavy (non-hydrogen) atoms. The fourth-order valence-electron chi connectivity index (χ4n) is 3.59. The topological polar surface area (TPSA) is 76.0 Å². The second kappa shape index (κ2) is 8.73. The Morgan fingerprint density at radius 2 is 1.93 bits per heavy atom. The normalized spacial score (nSPS) is 15.4. The number of rotatable bonds is 7. The standard InChI is InChI=1S/C23H24N4O2/c28-22(10-9-20-13-19-3-1-2-4-21(19)26-23(20)29)25-14-17-5-7-18(8-6-17)15-27-12-11-24-16-27/h1-8,11-12,16,20H,9-10,13-15H2,(H,25,28)(H,26,29). The average Bonchev–Trinajstić information content (AvgIpc) is 3.25. The van der Waals surface area contributed by atoms with Crippen molar-refractivity contribution in [3.8, 4) is 0 Å². The third-order valence-corrected chi connectivity index (χ3v) is 5.27. The number of anilines is 1. The molecule has 0 saturated carbocycles. The molecule has 0 radical (unpaired) electrons. The van der Waals surface area contributed by atoms with Gasteiger partial charge in [0.05, 0.1) is 6.33 Å². The monoisotopic (exact) mass is 388 g/mol. The zero-order valence-corrected chi connectivity index (χ0v) is 16.2. The van der Waals surface area contributed by atoms with E-state index in [1.165, 1.54) is 5.56 Å². The maximum Gasteiger partial charge on any atom is 0.227 e. The van der Waals surface area contributed by atoms with Crippen molar-refractivity contribution in [1.82, 2.24) is 14.9 Å². The van der Waals surface area contributed by atoms with Crippen molar-refractivity contribution in [1.29, 1.82) is 0 Å². The quantitative estimate of drug-likeness (QED) is 0.653. The SMILES string of the molecule is O=C(CCC1Cc2ccccc2NC1=O)NCc1ccc(Cn2ccnc2)cc1. The highest BCUT2D eigenvalue weighted by Gasteiger charge is 2.26. The third-order valence-electron chi connectivity index (χ3n) is 5.27. The van der Waals surface area contributed by atoms with Gasteiger partial charge >= 0.3 is 0 Å². The van der Waals surface area contributed by atoms with Crippen LogP contribution in [-0.4, -0.2) is 21.4 Å². The second-order valence-electron chi connectivity index (χ2n) is 7.41. The molecule has 0 spiro atoms. The van der Waals surface area contributed by atoms with Gasteiger partial charge in [0, 0.05) is 43.5 Å². The Hall–Kier alpha value is -3.41. The molecule has 0 bridgehead atoms. The minimum absolute atomic E-state index is 0.00461. The maximum atomic E-state index is 12.2. The summed E-state index contributed by atoms with van der Waals surface area (Å²) >= 11 is 0. The summed E-state index contributed by atoms with van der Waals surface area (Å²) in [7, 11) is 0. The van der Waals surface area contributed by atoms with Crippen molar-refractivity contribution in [3.05, 3.63) is 83.9 Å². The van der Waals surface area contributed by atoms with E-state index in [4.69, 9.17) is 0 Å². The van der Waals surface area contributed by atoms with Crippen molar-refractivity contribution >= 4 is 17.5 Å². The Morgan fingerprint density at radius 1 is 1.14 bits per heavy atom. The molecule has 0 saturated heterocycles. The first kappa shape index (κ1) is 18.9. The lowest BCUT2D eigenvalue weighted by Crippen LogP contribution is -2.31. The van der Waals surface area contributed by atoms with Crippen LogP contribution < -0.4 is 10.6 Å². The highest BCUT2D eigenvalue weighted by molar-refractivity contribution is 5.96. The van der Waals surface area contributed by atoms with Gasteiger partial charge in [0.25, 0.3) is 0 Å². The lowest BCUT2D eigenvalue weighted by molar-refractivity contribution is -0.122. The van der Waals surface area contributed by atoms with Crippen LogP contribution in [0, 0.1) is 5.92 Å². The molecular weight excluding hydrogens is 364 g/mol. The largest absolute Gasteiger partial charge is 0.352 e.